The summed E-state index contributed by atoms with van der Waals surface area (Å²) in [6, 6.07) is 20.8. The van der Waals surface area contributed by atoms with Gasteiger partial charge in [-0.15, -0.1) is 0 Å². The van der Waals surface area contributed by atoms with Crippen molar-refractivity contribution in [3.8, 4) is 11.3 Å². The van der Waals surface area contributed by atoms with Gasteiger partial charge in [-0.3, -0.25) is 0 Å². The summed E-state index contributed by atoms with van der Waals surface area (Å²) in [5.74, 6) is 0. The van der Waals surface area contributed by atoms with Crippen LogP contribution in [0.1, 0.15) is 32.0 Å². The van der Waals surface area contributed by atoms with Crippen LogP contribution in [0, 0.1) is 6.92 Å². The number of hydrogen-bond donors (Lipinski definition) is 0. The summed E-state index contributed by atoms with van der Waals surface area (Å²) in [5.41, 5.74) is 6.93. The van der Waals surface area contributed by atoms with Crippen molar-refractivity contribution in [2.45, 2.75) is 33.1 Å². The molecule has 4 nitrogen and oxygen atoms in total. The zero-order chi connectivity index (χ0) is 20.2. The molecule has 3 aromatic carbocycles. The first-order valence-corrected chi connectivity index (χ1v) is 9.85. The maximum Gasteiger partial charge on any atom is 0.199 e. The molecule has 2 heterocycles. The van der Waals surface area contributed by atoms with E-state index in [1.54, 1.807) is 0 Å². The molecule has 0 spiro atoms. The van der Waals surface area contributed by atoms with Gasteiger partial charge in [-0.2, -0.15) is 0 Å². The molecule has 0 saturated carbocycles. The second-order valence-corrected chi connectivity index (χ2v) is 8.51. The van der Waals surface area contributed by atoms with Gasteiger partial charge in [0.1, 0.15) is 0 Å². The lowest BCUT2D eigenvalue weighted by atomic mass is 9.82. The molecule has 29 heavy (non-hydrogen) atoms. The molecule has 0 bridgehead atoms. The van der Waals surface area contributed by atoms with Crippen molar-refractivity contribution in [3.63, 3.8) is 0 Å². The summed E-state index contributed by atoms with van der Waals surface area (Å²) in [5, 5.41) is 2.49. The molecule has 0 aliphatic carbocycles. The van der Waals surface area contributed by atoms with Gasteiger partial charge in [-0.05, 0) is 52.9 Å². The lowest BCUT2D eigenvalue weighted by Gasteiger charge is -2.23. The molecule has 0 N–H and O–H groups in total. The monoisotopic (exact) mass is 378 g/mol. The number of fused-ring (bicyclic) bond motifs is 3. The second kappa shape index (κ2) is 6.31. The van der Waals surface area contributed by atoms with Gasteiger partial charge in [-0.1, -0.05) is 57.2 Å². The molecule has 0 amide bonds. The summed E-state index contributed by atoms with van der Waals surface area (Å²) in [4.78, 5) is 19.0. The van der Waals surface area contributed by atoms with Crippen LogP contribution in [-0.2, 0) is 5.41 Å². The fraction of sp³-hybridized carbons (Fsp3) is 0.200. The molecular weight excluding hydrogens is 356 g/mol. The molecule has 5 rings (SSSR count). The lowest BCUT2D eigenvalue weighted by molar-refractivity contribution is 0.596. The Kier molecular flexibility index (Phi) is 3.85. The minimum absolute atomic E-state index is 0.0177. The smallest absolute Gasteiger partial charge is 0.199 e. The van der Waals surface area contributed by atoms with Crippen molar-refractivity contribution < 1.29 is 0 Å². The third kappa shape index (κ3) is 3.01. The SMILES string of the molecule is Cc1nc2nc3ccccc3nc2nc1-c1cc(C(C)(C)C)c2ccccc2c1. The topological polar surface area (TPSA) is 51.6 Å². The van der Waals surface area contributed by atoms with Crippen LogP contribution in [0.25, 0.3) is 44.4 Å². The van der Waals surface area contributed by atoms with Gasteiger partial charge in [0.05, 0.1) is 22.4 Å². The first-order chi connectivity index (χ1) is 13.9. The number of aromatic nitrogens is 4. The number of benzene rings is 3. The molecule has 0 atom stereocenters. The molecule has 4 heteroatoms. The first-order valence-electron chi connectivity index (χ1n) is 9.85. The minimum Gasteiger partial charge on any atom is -0.228 e. The Balaban J connectivity index is 1.79. The highest BCUT2D eigenvalue weighted by atomic mass is 15.0. The number of nitrogens with zero attached hydrogens (tertiary/aromatic N) is 4. The van der Waals surface area contributed by atoms with Gasteiger partial charge >= 0.3 is 0 Å². The van der Waals surface area contributed by atoms with Crippen LogP contribution < -0.4 is 0 Å². The van der Waals surface area contributed by atoms with Crippen LogP contribution in [0.4, 0.5) is 0 Å². The van der Waals surface area contributed by atoms with Crippen LogP contribution in [0.3, 0.4) is 0 Å². The van der Waals surface area contributed by atoms with Gasteiger partial charge in [0.15, 0.2) is 11.3 Å². The Morgan fingerprint density at radius 1 is 0.690 bits per heavy atom. The van der Waals surface area contributed by atoms with Gasteiger partial charge in [0.25, 0.3) is 0 Å². The average molecular weight is 378 g/mol. The Morgan fingerprint density at radius 2 is 1.31 bits per heavy atom. The van der Waals surface area contributed by atoms with E-state index in [0.29, 0.717) is 11.3 Å². The lowest BCUT2D eigenvalue weighted by Crippen LogP contribution is -2.12. The summed E-state index contributed by atoms with van der Waals surface area (Å²) in [6.45, 7) is 8.73. The molecular formula is C25H22N4. The molecule has 5 aromatic rings. The Morgan fingerprint density at radius 3 is 2.00 bits per heavy atom. The number of para-hydroxylation sites is 2. The first kappa shape index (κ1) is 17.7. The highest BCUT2D eigenvalue weighted by Gasteiger charge is 2.20. The minimum atomic E-state index is 0.0177. The van der Waals surface area contributed by atoms with E-state index in [4.69, 9.17) is 15.0 Å². The van der Waals surface area contributed by atoms with E-state index in [1.807, 2.05) is 31.2 Å². The number of hydrogen-bond acceptors (Lipinski definition) is 4. The van der Waals surface area contributed by atoms with Gasteiger partial charge < -0.3 is 0 Å². The Hall–Kier alpha value is -3.40. The van der Waals surface area contributed by atoms with Crippen molar-refractivity contribution in [1.82, 2.24) is 19.9 Å². The van der Waals surface area contributed by atoms with Crippen molar-refractivity contribution in [2.24, 2.45) is 0 Å². The molecule has 0 fully saturated rings. The van der Waals surface area contributed by atoms with E-state index in [1.165, 1.54) is 16.3 Å². The maximum absolute atomic E-state index is 4.89. The third-order valence-electron chi connectivity index (χ3n) is 5.31. The third-order valence-corrected chi connectivity index (χ3v) is 5.31. The van der Waals surface area contributed by atoms with Crippen molar-refractivity contribution in [1.29, 1.82) is 0 Å². The van der Waals surface area contributed by atoms with Crippen LogP contribution in [0.15, 0.2) is 60.7 Å². The number of aryl methyl sites for hydroxylation is 1. The van der Waals surface area contributed by atoms with Crippen LogP contribution in [0.2, 0.25) is 0 Å². The molecule has 0 aliphatic heterocycles. The van der Waals surface area contributed by atoms with E-state index in [0.717, 1.165) is 28.0 Å². The highest BCUT2D eigenvalue weighted by Crippen LogP contribution is 2.35. The molecule has 0 aliphatic rings. The molecule has 142 valence electrons. The van der Waals surface area contributed by atoms with Crippen LogP contribution in [0.5, 0.6) is 0 Å². The summed E-state index contributed by atoms with van der Waals surface area (Å²) in [6.07, 6.45) is 0. The van der Waals surface area contributed by atoms with E-state index in [-0.39, 0.29) is 5.41 Å². The largest absolute Gasteiger partial charge is 0.228 e. The summed E-state index contributed by atoms with van der Waals surface area (Å²) in [7, 11) is 0. The van der Waals surface area contributed by atoms with Gasteiger partial charge in [0.2, 0.25) is 0 Å². The number of rotatable bonds is 1. The van der Waals surface area contributed by atoms with Crippen molar-refractivity contribution >= 4 is 33.1 Å². The highest BCUT2D eigenvalue weighted by molar-refractivity contribution is 5.91. The Labute approximate surface area is 169 Å². The fourth-order valence-corrected chi connectivity index (χ4v) is 3.87. The zero-order valence-electron chi connectivity index (χ0n) is 17.1. The molecule has 0 unspecified atom stereocenters. The fourth-order valence-electron chi connectivity index (χ4n) is 3.87. The van der Waals surface area contributed by atoms with E-state index < -0.39 is 0 Å². The van der Waals surface area contributed by atoms with Crippen LogP contribution in [-0.4, -0.2) is 19.9 Å². The van der Waals surface area contributed by atoms with Crippen molar-refractivity contribution in [2.75, 3.05) is 0 Å². The average Bonchev–Trinajstić information content (AvgIpc) is 2.70. The van der Waals surface area contributed by atoms with E-state index in [2.05, 4.69) is 62.2 Å². The summed E-state index contributed by atoms with van der Waals surface area (Å²) < 4.78 is 0. The molecule has 2 aromatic heterocycles. The van der Waals surface area contributed by atoms with Crippen LogP contribution >= 0.6 is 0 Å². The quantitative estimate of drug-likeness (QED) is 0.336. The molecule has 0 saturated heterocycles. The van der Waals surface area contributed by atoms with Crippen molar-refractivity contribution in [3.05, 3.63) is 71.9 Å². The van der Waals surface area contributed by atoms with Gasteiger partial charge in [0, 0.05) is 5.56 Å². The standard InChI is InChI=1S/C25H22N4/c1-15-22(29-24-23(26-15)27-20-11-7-8-12-21(20)28-24)17-13-16-9-5-6-10-18(16)19(14-17)25(2,3)4/h5-14H,1-4H3. The predicted octanol–water partition coefficient (Wildman–Crippen LogP) is 6.00. The summed E-state index contributed by atoms with van der Waals surface area (Å²) >= 11 is 0. The zero-order valence-corrected chi connectivity index (χ0v) is 17.1. The van der Waals surface area contributed by atoms with E-state index >= 15 is 0 Å². The van der Waals surface area contributed by atoms with E-state index in [9.17, 15) is 0 Å². The molecule has 0 radical (unpaired) electrons. The second-order valence-electron chi connectivity index (χ2n) is 8.51. The Bertz CT molecular complexity index is 1400. The van der Waals surface area contributed by atoms with Gasteiger partial charge in [-0.25, -0.2) is 19.9 Å². The normalized spacial score (nSPS) is 12.1. The predicted molar refractivity (Wildman–Crippen MR) is 119 cm³/mol. The maximum atomic E-state index is 4.89.